The molecule has 2 aromatic heterocycles. The number of carbonyl (C=O) groups is 1. The number of aryl methyl sites for hydroxylation is 3. The molecule has 0 bridgehead atoms. The Hall–Kier alpha value is -1.69. The van der Waals surface area contributed by atoms with Crippen molar-refractivity contribution in [3.05, 3.63) is 33.5 Å². The van der Waals surface area contributed by atoms with Crippen LogP contribution in [0.4, 0.5) is 0 Å². The molecule has 0 saturated carbocycles. The molecule has 1 N–H and O–H groups in total. The number of hydrogen-bond donors (Lipinski definition) is 1. The normalized spacial score (nSPS) is 14.5. The zero-order chi connectivity index (χ0) is 14.7. The van der Waals surface area contributed by atoms with Crippen molar-refractivity contribution in [1.82, 2.24) is 20.1 Å². The topological polar surface area (TPSA) is 59.8 Å². The number of hydrogen-bond acceptors (Lipinski definition) is 4. The molecular weight excluding hydrogens is 284 g/mol. The molecule has 0 radical (unpaired) electrons. The molecule has 2 heterocycles. The highest BCUT2D eigenvalue weighted by atomic mass is 32.1. The number of thiophene rings is 1. The summed E-state index contributed by atoms with van der Waals surface area (Å²) in [5, 5.41) is 10.9. The Bertz CT molecular complexity index is 608. The Labute approximate surface area is 128 Å². The largest absolute Gasteiger partial charge is 0.344 e. The average Bonchev–Trinajstić information content (AvgIpc) is 3.06. The second-order valence-electron chi connectivity index (χ2n) is 5.34. The molecule has 1 aliphatic rings. The molecule has 0 spiro atoms. The zero-order valence-electron chi connectivity index (χ0n) is 12.3. The van der Waals surface area contributed by atoms with Crippen LogP contribution < -0.4 is 5.32 Å². The minimum absolute atomic E-state index is 0.00118. The molecule has 3 rings (SSSR count). The predicted octanol–water partition coefficient (Wildman–Crippen LogP) is 2.56. The minimum atomic E-state index is -0.00118. The number of carbonyl (C=O) groups excluding carboxylic acids is 1. The van der Waals surface area contributed by atoms with Gasteiger partial charge in [0.2, 0.25) is 0 Å². The van der Waals surface area contributed by atoms with E-state index < -0.39 is 0 Å². The predicted molar refractivity (Wildman–Crippen MR) is 82.4 cm³/mol. The van der Waals surface area contributed by atoms with Gasteiger partial charge in [-0.1, -0.05) is 6.42 Å². The Morgan fingerprint density at radius 2 is 2.24 bits per heavy atom. The summed E-state index contributed by atoms with van der Waals surface area (Å²) in [5.41, 5.74) is 1.37. The molecule has 0 aromatic carbocycles. The molecular formula is C15H20N4OS. The van der Waals surface area contributed by atoms with Crippen molar-refractivity contribution in [2.24, 2.45) is 0 Å². The van der Waals surface area contributed by atoms with Gasteiger partial charge in [0.05, 0.1) is 11.4 Å². The van der Waals surface area contributed by atoms with E-state index in [9.17, 15) is 4.79 Å². The number of nitrogens with zero attached hydrogens (tertiary/aromatic N) is 3. The van der Waals surface area contributed by atoms with E-state index in [1.807, 2.05) is 11.5 Å². The third-order valence-electron chi connectivity index (χ3n) is 3.91. The fourth-order valence-corrected chi connectivity index (χ4v) is 3.88. The van der Waals surface area contributed by atoms with E-state index in [1.54, 1.807) is 17.7 Å². The molecule has 0 fully saturated rings. The van der Waals surface area contributed by atoms with Crippen molar-refractivity contribution in [2.45, 2.75) is 52.1 Å². The number of rotatable bonds is 4. The molecule has 21 heavy (non-hydrogen) atoms. The molecule has 0 aliphatic heterocycles. The smallest absolute Gasteiger partial charge is 0.261 e. The molecule has 2 aromatic rings. The summed E-state index contributed by atoms with van der Waals surface area (Å²) in [7, 11) is 0. The monoisotopic (exact) mass is 304 g/mol. The van der Waals surface area contributed by atoms with Crippen LogP contribution in [0.5, 0.6) is 0 Å². The summed E-state index contributed by atoms with van der Waals surface area (Å²) >= 11 is 1.65. The second-order valence-corrected chi connectivity index (χ2v) is 6.47. The van der Waals surface area contributed by atoms with Gasteiger partial charge in [-0.25, -0.2) is 0 Å². The van der Waals surface area contributed by atoms with Gasteiger partial charge in [-0.15, -0.1) is 21.5 Å². The Morgan fingerprint density at radius 1 is 1.38 bits per heavy atom. The van der Waals surface area contributed by atoms with Gasteiger partial charge in [-0.05, 0) is 44.2 Å². The van der Waals surface area contributed by atoms with Gasteiger partial charge < -0.3 is 9.88 Å². The highest BCUT2D eigenvalue weighted by Gasteiger charge is 2.16. The number of nitrogens with one attached hydrogen (secondary N) is 1. The number of fused-ring (bicyclic) bond motifs is 1. The van der Waals surface area contributed by atoms with Crippen LogP contribution in [0, 0.1) is 0 Å². The Kier molecular flexibility index (Phi) is 4.34. The second kappa shape index (κ2) is 6.39. The van der Waals surface area contributed by atoms with Gasteiger partial charge in [0.1, 0.15) is 6.33 Å². The fraction of sp³-hybridized carbons (Fsp3) is 0.533. The summed E-state index contributed by atoms with van der Waals surface area (Å²) in [6.07, 6.45) is 7.71. The van der Waals surface area contributed by atoms with Crippen molar-refractivity contribution < 1.29 is 4.79 Å². The highest BCUT2D eigenvalue weighted by molar-refractivity contribution is 7.14. The van der Waals surface area contributed by atoms with E-state index in [1.165, 1.54) is 29.7 Å². The Balaban J connectivity index is 1.66. The van der Waals surface area contributed by atoms with E-state index in [4.69, 9.17) is 0 Å². The lowest BCUT2D eigenvalue weighted by Gasteiger charge is -2.04. The summed E-state index contributed by atoms with van der Waals surface area (Å²) in [6.45, 7) is 3.27. The number of amides is 1. The first-order valence-corrected chi connectivity index (χ1v) is 8.36. The molecule has 1 aliphatic carbocycles. The maximum Gasteiger partial charge on any atom is 0.261 e. The standard InChI is InChI=1S/C15H20N4OS/c1-2-19-10-17-18-14(19)9-16-15(20)13-8-11-6-4-3-5-7-12(11)21-13/h8,10H,2-7,9H2,1H3,(H,16,20). The van der Waals surface area contributed by atoms with Crippen molar-refractivity contribution >= 4 is 17.2 Å². The van der Waals surface area contributed by atoms with Crippen LogP contribution in [0.2, 0.25) is 0 Å². The van der Waals surface area contributed by atoms with E-state index in [-0.39, 0.29) is 5.91 Å². The Morgan fingerprint density at radius 3 is 3.10 bits per heavy atom. The lowest BCUT2D eigenvalue weighted by molar-refractivity contribution is 0.0953. The third kappa shape index (κ3) is 3.15. The summed E-state index contributed by atoms with van der Waals surface area (Å²) in [5.74, 6) is 0.794. The van der Waals surface area contributed by atoms with Gasteiger partial charge in [-0.2, -0.15) is 0 Å². The molecule has 6 heteroatoms. The van der Waals surface area contributed by atoms with E-state index >= 15 is 0 Å². The molecule has 0 saturated heterocycles. The molecule has 5 nitrogen and oxygen atoms in total. The van der Waals surface area contributed by atoms with Gasteiger partial charge >= 0.3 is 0 Å². The van der Waals surface area contributed by atoms with Crippen LogP contribution in [0.1, 0.15) is 52.1 Å². The SMILES string of the molecule is CCn1cnnc1CNC(=O)c1cc2c(s1)CCCCC2. The van der Waals surface area contributed by atoms with Crippen LogP contribution in [-0.2, 0) is 25.9 Å². The van der Waals surface area contributed by atoms with Crippen LogP contribution in [-0.4, -0.2) is 20.7 Å². The van der Waals surface area contributed by atoms with Gasteiger partial charge in [0, 0.05) is 11.4 Å². The van der Waals surface area contributed by atoms with E-state index in [0.29, 0.717) is 6.54 Å². The first kappa shape index (κ1) is 14.3. The lowest BCUT2D eigenvalue weighted by Crippen LogP contribution is -2.23. The van der Waals surface area contributed by atoms with E-state index in [0.717, 1.165) is 30.1 Å². The van der Waals surface area contributed by atoms with Gasteiger partial charge in [0.25, 0.3) is 5.91 Å². The maximum absolute atomic E-state index is 12.3. The fourth-order valence-electron chi connectivity index (χ4n) is 2.71. The van der Waals surface area contributed by atoms with E-state index in [2.05, 4.69) is 21.6 Å². The minimum Gasteiger partial charge on any atom is -0.344 e. The molecule has 0 atom stereocenters. The highest BCUT2D eigenvalue weighted by Crippen LogP contribution is 2.28. The van der Waals surface area contributed by atoms with Crippen LogP contribution in [0.15, 0.2) is 12.4 Å². The quantitative estimate of drug-likeness (QED) is 0.883. The molecule has 1 amide bonds. The van der Waals surface area contributed by atoms with Crippen molar-refractivity contribution in [1.29, 1.82) is 0 Å². The average molecular weight is 304 g/mol. The summed E-state index contributed by atoms with van der Waals surface area (Å²) in [4.78, 5) is 14.5. The molecule has 0 unspecified atom stereocenters. The maximum atomic E-state index is 12.3. The zero-order valence-corrected chi connectivity index (χ0v) is 13.1. The van der Waals surface area contributed by atoms with Crippen molar-refractivity contribution in [2.75, 3.05) is 0 Å². The van der Waals surface area contributed by atoms with Crippen LogP contribution in [0.25, 0.3) is 0 Å². The third-order valence-corrected chi connectivity index (χ3v) is 5.15. The van der Waals surface area contributed by atoms with Crippen molar-refractivity contribution in [3.63, 3.8) is 0 Å². The van der Waals surface area contributed by atoms with Gasteiger partial charge in [-0.3, -0.25) is 4.79 Å². The summed E-state index contributed by atoms with van der Waals surface area (Å²) in [6, 6.07) is 2.07. The van der Waals surface area contributed by atoms with Crippen molar-refractivity contribution in [3.8, 4) is 0 Å². The van der Waals surface area contributed by atoms with Crippen LogP contribution in [0.3, 0.4) is 0 Å². The van der Waals surface area contributed by atoms with Gasteiger partial charge in [0.15, 0.2) is 5.82 Å². The lowest BCUT2D eigenvalue weighted by atomic mass is 10.1. The number of aromatic nitrogens is 3. The first-order valence-electron chi connectivity index (χ1n) is 7.54. The molecule has 112 valence electrons. The summed E-state index contributed by atoms with van der Waals surface area (Å²) < 4.78 is 1.93. The first-order chi connectivity index (χ1) is 10.3. The van der Waals surface area contributed by atoms with Crippen LogP contribution >= 0.6 is 11.3 Å².